The van der Waals surface area contributed by atoms with Crippen LogP contribution in [-0.4, -0.2) is 22.0 Å². The lowest BCUT2D eigenvalue weighted by atomic mass is 10.1. The van der Waals surface area contributed by atoms with Crippen LogP contribution in [0.15, 0.2) is 23.6 Å². The fourth-order valence-corrected chi connectivity index (χ4v) is 2.69. The number of thiazole rings is 1. The van der Waals surface area contributed by atoms with Gasteiger partial charge in [0.05, 0.1) is 5.92 Å². The molecule has 0 unspecified atom stereocenters. The monoisotopic (exact) mass is 324 g/mol. The number of anilines is 1. The van der Waals surface area contributed by atoms with Gasteiger partial charge in [0.15, 0.2) is 5.69 Å². The van der Waals surface area contributed by atoms with Crippen molar-refractivity contribution in [2.24, 2.45) is 0 Å². The third-order valence-electron chi connectivity index (χ3n) is 2.96. The van der Waals surface area contributed by atoms with E-state index in [1.165, 1.54) is 5.38 Å². The number of carbonyl (C=O) groups is 2. The van der Waals surface area contributed by atoms with Crippen LogP contribution in [0.25, 0.3) is 0 Å². The Bertz CT molecular complexity index is 699. The molecule has 7 heteroatoms. The first-order valence-electron chi connectivity index (χ1n) is 6.14. The fourth-order valence-electron chi connectivity index (χ4n) is 1.67. The van der Waals surface area contributed by atoms with E-state index in [0.29, 0.717) is 15.7 Å². The summed E-state index contributed by atoms with van der Waals surface area (Å²) in [5, 5.41) is 14.1. The zero-order chi connectivity index (χ0) is 15.6. The van der Waals surface area contributed by atoms with Gasteiger partial charge in [-0.1, -0.05) is 17.7 Å². The lowest BCUT2D eigenvalue weighted by Crippen LogP contribution is -2.19. The first-order valence-corrected chi connectivity index (χ1v) is 7.40. The topological polar surface area (TPSA) is 79.3 Å². The molecule has 2 rings (SSSR count). The molecule has 0 spiro atoms. The first kappa shape index (κ1) is 15.5. The second-order valence-corrected chi connectivity index (χ2v) is 5.87. The summed E-state index contributed by atoms with van der Waals surface area (Å²) in [5.74, 6) is -1.90. The second kappa shape index (κ2) is 6.24. The summed E-state index contributed by atoms with van der Waals surface area (Å²) in [7, 11) is 0. The third kappa shape index (κ3) is 3.59. The molecule has 1 amide bonds. The number of hydrogen-bond donors (Lipinski definition) is 2. The zero-order valence-electron chi connectivity index (χ0n) is 11.4. The fraction of sp³-hybridized carbons (Fsp3) is 0.214. The molecule has 2 aromatic rings. The van der Waals surface area contributed by atoms with Crippen molar-refractivity contribution in [2.45, 2.75) is 19.8 Å². The summed E-state index contributed by atoms with van der Waals surface area (Å²) in [6.45, 7) is 3.54. The van der Waals surface area contributed by atoms with Crippen LogP contribution in [-0.2, 0) is 4.79 Å². The Kier molecular flexibility index (Phi) is 4.59. The van der Waals surface area contributed by atoms with Crippen LogP contribution in [0.4, 0.5) is 5.69 Å². The minimum absolute atomic E-state index is 0.0476. The van der Waals surface area contributed by atoms with Crippen molar-refractivity contribution in [1.82, 2.24) is 4.98 Å². The number of halogens is 1. The number of nitrogens with zero attached hydrogens (tertiary/aromatic N) is 1. The predicted molar refractivity (Wildman–Crippen MR) is 82.3 cm³/mol. The minimum Gasteiger partial charge on any atom is -0.476 e. The van der Waals surface area contributed by atoms with Gasteiger partial charge in [-0.3, -0.25) is 4.79 Å². The number of carbonyl (C=O) groups excluding carboxylic acids is 1. The number of benzene rings is 1. The van der Waals surface area contributed by atoms with Crippen molar-refractivity contribution < 1.29 is 14.7 Å². The summed E-state index contributed by atoms with van der Waals surface area (Å²) in [6, 6.07) is 5.23. The summed E-state index contributed by atoms with van der Waals surface area (Å²) in [4.78, 5) is 27.0. The molecule has 0 aliphatic carbocycles. The van der Waals surface area contributed by atoms with Gasteiger partial charge in [0.25, 0.3) is 0 Å². The lowest BCUT2D eigenvalue weighted by Gasteiger charge is -2.12. The van der Waals surface area contributed by atoms with Crippen LogP contribution >= 0.6 is 22.9 Å². The predicted octanol–water partition coefficient (Wildman–Crippen LogP) is 3.55. The van der Waals surface area contributed by atoms with E-state index in [9.17, 15) is 9.59 Å². The molecule has 0 aliphatic heterocycles. The molecule has 1 heterocycles. The smallest absolute Gasteiger partial charge is 0.355 e. The van der Waals surface area contributed by atoms with Gasteiger partial charge in [-0.25, -0.2) is 9.78 Å². The minimum atomic E-state index is -1.10. The molecule has 1 atom stereocenters. The largest absolute Gasteiger partial charge is 0.476 e. The van der Waals surface area contributed by atoms with Gasteiger partial charge in [0, 0.05) is 16.1 Å². The van der Waals surface area contributed by atoms with Crippen LogP contribution in [0.3, 0.4) is 0 Å². The Balaban J connectivity index is 2.15. The number of aromatic carboxylic acids is 1. The van der Waals surface area contributed by atoms with Crippen LogP contribution in [0.5, 0.6) is 0 Å². The third-order valence-corrected chi connectivity index (χ3v) is 4.22. The molecule has 5 nitrogen and oxygen atoms in total. The van der Waals surface area contributed by atoms with E-state index in [0.717, 1.165) is 16.9 Å². The van der Waals surface area contributed by atoms with E-state index in [-0.39, 0.29) is 11.6 Å². The zero-order valence-corrected chi connectivity index (χ0v) is 13.0. The molecule has 110 valence electrons. The molecule has 0 aliphatic rings. The molecule has 21 heavy (non-hydrogen) atoms. The maximum atomic E-state index is 12.2. The summed E-state index contributed by atoms with van der Waals surface area (Å²) < 4.78 is 0. The number of aromatic nitrogens is 1. The van der Waals surface area contributed by atoms with Crippen LogP contribution in [0.2, 0.25) is 5.02 Å². The van der Waals surface area contributed by atoms with Gasteiger partial charge in [0.2, 0.25) is 5.91 Å². The van der Waals surface area contributed by atoms with Gasteiger partial charge in [-0.15, -0.1) is 11.3 Å². The highest BCUT2D eigenvalue weighted by atomic mass is 35.5. The Morgan fingerprint density at radius 2 is 2.14 bits per heavy atom. The molecular formula is C14H13ClN2O3S. The van der Waals surface area contributed by atoms with Gasteiger partial charge < -0.3 is 10.4 Å². The maximum Gasteiger partial charge on any atom is 0.355 e. The van der Waals surface area contributed by atoms with Crippen molar-refractivity contribution in [3.8, 4) is 0 Å². The number of rotatable bonds is 4. The van der Waals surface area contributed by atoms with E-state index in [1.54, 1.807) is 19.1 Å². The Hall–Kier alpha value is -1.92. The highest BCUT2D eigenvalue weighted by Crippen LogP contribution is 2.24. The van der Waals surface area contributed by atoms with Gasteiger partial charge >= 0.3 is 5.97 Å². The van der Waals surface area contributed by atoms with Crippen LogP contribution in [0.1, 0.15) is 33.9 Å². The van der Waals surface area contributed by atoms with Crippen LogP contribution in [0, 0.1) is 6.92 Å². The number of nitrogens with one attached hydrogen (secondary N) is 1. The number of amides is 1. The maximum absolute atomic E-state index is 12.2. The summed E-state index contributed by atoms with van der Waals surface area (Å²) >= 11 is 7.06. The standard InChI is InChI=1S/C14H13ClN2O3S/c1-7-3-4-9(15)5-10(7)16-12(18)8(2)13-17-11(6-21-13)14(19)20/h3-6,8H,1-2H3,(H,16,18)(H,19,20)/t8-/m0/s1. The highest BCUT2D eigenvalue weighted by molar-refractivity contribution is 7.10. The molecule has 1 aromatic heterocycles. The second-order valence-electron chi connectivity index (χ2n) is 4.55. The number of carboxylic acid groups (broad SMARTS) is 1. The van der Waals surface area contributed by atoms with Gasteiger partial charge in [-0.05, 0) is 31.5 Å². The van der Waals surface area contributed by atoms with Crippen molar-refractivity contribution in [3.63, 3.8) is 0 Å². The van der Waals surface area contributed by atoms with Crippen molar-refractivity contribution in [3.05, 3.63) is 44.9 Å². The van der Waals surface area contributed by atoms with Gasteiger partial charge in [0.1, 0.15) is 5.01 Å². The van der Waals surface area contributed by atoms with E-state index in [1.807, 2.05) is 13.0 Å². The molecule has 0 fully saturated rings. The molecular weight excluding hydrogens is 312 g/mol. The van der Waals surface area contributed by atoms with E-state index < -0.39 is 11.9 Å². The lowest BCUT2D eigenvalue weighted by molar-refractivity contribution is -0.117. The summed E-state index contributed by atoms with van der Waals surface area (Å²) in [6.07, 6.45) is 0. The van der Waals surface area contributed by atoms with Crippen LogP contribution < -0.4 is 5.32 Å². The van der Waals surface area contributed by atoms with E-state index in [2.05, 4.69) is 10.3 Å². The molecule has 0 saturated heterocycles. The Morgan fingerprint density at radius 3 is 2.76 bits per heavy atom. The number of aryl methyl sites for hydroxylation is 1. The average Bonchev–Trinajstić information content (AvgIpc) is 2.91. The highest BCUT2D eigenvalue weighted by Gasteiger charge is 2.21. The van der Waals surface area contributed by atoms with Crippen molar-refractivity contribution >= 4 is 40.5 Å². The Morgan fingerprint density at radius 1 is 1.43 bits per heavy atom. The molecule has 0 saturated carbocycles. The molecule has 0 bridgehead atoms. The van der Waals surface area contributed by atoms with Crippen molar-refractivity contribution in [2.75, 3.05) is 5.32 Å². The molecule has 0 radical (unpaired) electrons. The van der Waals surface area contributed by atoms with E-state index in [4.69, 9.17) is 16.7 Å². The SMILES string of the molecule is Cc1ccc(Cl)cc1NC(=O)[C@H](C)c1nc(C(=O)O)cs1. The average molecular weight is 325 g/mol. The van der Waals surface area contributed by atoms with E-state index >= 15 is 0 Å². The van der Waals surface area contributed by atoms with Gasteiger partial charge in [-0.2, -0.15) is 0 Å². The Labute approximate surface area is 130 Å². The quantitative estimate of drug-likeness (QED) is 0.901. The first-order chi connectivity index (χ1) is 9.88. The number of hydrogen-bond acceptors (Lipinski definition) is 4. The van der Waals surface area contributed by atoms with Crippen molar-refractivity contribution in [1.29, 1.82) is 0 Å². The number of carboxylic acids is 1. The molecule has 1 aromatic carbocycles. The molecule has 2 N–H and O–H groups in total. The normalized spacial score (nSPS) is 12.0. The summed E-state index contributed by atoms with van der Waals surface area (Å²) in [5.41, 5.74) is 1.48.